The van der Waals surface area contributed by atoms with Gasteiger partial charge < -0.3 is 21.1 Å². The molecular formula is C29H31FN4O3. The van der Waals surface area contributed by atoms with Crippen molar-refractivity contribution < 1.29 is 18.7 Å². The zero-order chi connectivity index (χ0) is 26.4. The van der Waals surface area contributed by atoms with Crippen LogP contribution in [0.25, 0.3) is 11.1 Å². The number of hydrogen-bond donors (Lipinski definition) is 3. The van der Waals surface area contributed by atoms with Gasteiger partial charge in [-0.3, -0.25) is 9.69 Å². The Bertz CT molecular complexity index is 1280. The molecule has 192 valence electrons. The maximum atomic E-state index is 15.1. The highest BCUT2D eigenvalue weighted by Gasteiger charge is 2.33. The summed E-state index contributed by atoms with van der Waals surface area (Å²) in [7, 11) is 0. The molecule has 3 aromatic rings. The van der Waals surface area contributed by atoms with Crippen LogP contribution < -0.4 is 21.3 Å². The number of nitrogens with one attached hydrogen (secondary N) is 2. The second-order valence-corrected chi connectivity index (χ2v) is 9.07. The molecule has 0 saturated carbocycles. The normalized spacial score (nSPS) is 16.9. The number of carbonyl (C=O) groups is 2. The average molecular weight is 503 g/mol. The summed E-state index contributed by atoms with van der Waals surface area (Å²) in [4.78, 5) is 24.8. The van der Waals surface area contributed by atoms with E-state index >= 15 is 4.39 Å². The Morgan fingerprint density at radius 1 is 1.16 bits per heavy atom. The lowest BCUT2D eigenvalue weighted by molar-refractivity contribution is -0.119. The van der Waals surface area contributed by atoms with Crippen molar-refractivity contribution in [2.75, 3.05) is 18.0 Å². The largest absolute Gasteiger partial charge is 0.442 e. The number of nitrogens with two attached hydrogens (primary N) is 1. The molecular weight excluding hydrogens is 471 g/mol. The number of halogens is 1. The molecule has 0 aromatic heterocycles. The molecule has 1 aliphatic rings. The van der Waals surface area contributed by atoms with Gasteiger partial charge in [0.1, 0.15) is 17.6 Å². The molecule has 7 nitrogen and oxygen atoms in total. The number of cyclic esters (lactones) is 1. The van der Waals surface area contributed by atoms with Crippen LogP contribution in [0.5, 0.6) is 0 Å². The average Bonchev–Trinajstić information content (AvgIpc) is 3.28. The maximum Gasteiger partial charge on any atom is 0.414 e. The third-order valence-electron chi connectivity index (χ3n) is 6.26. The van der Waals surface area contributed by atoms with Crippen LogP contribution in [0.2, 0.25) is 0 Å². The fraction of sp³-hybridized carbons (Fsp3) is 0.241. The van der Waals surface area contributed by atoms with E-state index in [1.165, 1.54) is 17.9 Å². The van der Waals surface area contributed by atoms with Gasteiger partial charge in [-0.05, 0) is 48.0 Å². The van der Waals surface area contributed by atoms with Crippen molar-refractivity contribution in [3.05, 3.63) is 102 Å². The highest BCUT2D eigenvalue weighted by atomic mass is 19.1. The van der Waals surface area contributed by atoms with E-state index in [-0.39, 0.29) is 19.0 Å². The van der Waals surface area contributed by atoms with Gasteiger partial charge in [0.15, 0.2) is 0 Å². The van der Waals surface area contributed by atoms with E-state index in [0.29, 0.717) is 23.2 Å². The van der Waals surface area contributed by atoms with Gasteiger partial charge in [0.05, 0.1) is 18.8 Å². The molecule has 4 rings (SSSR count). The second kappa shape index (κ2) is 11.3. The topological polar surface area (TPSA) is 96.7 Å². The number of nitrogens with zero attached hydrogens (tertiary/aromatic N) is 1. The zero-order valence-corrected chi connectivity index (χ0v) is 20.9. The minimum Gasteiger partial charge on any atom is -0.442 e. The predicted molar refractivity (Wildman–Crippen MR) is 142 cm³/mol. The van der Waals surface area contributed by atoms with Gasteiger partial charge in [-0.2, -0.15) is 0 Å². The first-order valence-electron chi connectivity index (χ1n) is 12.1. The molecule has 1 heterocycles. The number of carbonyl (C=O) groups excluding carboxylic acids is 2. The fourth-order valence-corrected chi connectivity index (χ4v) is 4.33. The first kappa shape index (κ1) is 25.9. The Kier molecular flexibility index (Phi) is 7.89. The van der Waals surface area contributed by atoms with E-state index in [4.69, 9.17) is 10.5 Å². The Morgan fingerprint density at radius 3 is 2.54 bits per heavy atom. The molecule has 1 fully saturated rings. The molecule has 4 N–H and O–H groups in total. The molecule has 0 aliphatic carbocycles. The Labute approximate surface area is 216 Å². The van der Waals surface area contributed by atoms with Crippen LogP contribution in [0, 0.1) is 5.82 Å². The summed E-state index contributed by atoms with van der Waals surface area (Å²) in [6.07, 6.45) is 3.20. The van der Waals surface area contributed by atoms with E-state index in [9.17, 15) is 9.59 Å². The number of benzene rings is 3. The van der Waals surface area contributed by atoms with Crippen molar-refractivity contribution in [1.82, 2.24) is 10.6 Å². The standard InChI is InChI=1S/C29H31FN4O3/c1-3-15-33-29(31,23-7-5-4-6-8-23)17-21-9-11-22(12-10-21)26-14-13-24(16-27(26)30)34-19-25(37-28(34)36)18-32-20(2)35/h3-16,25,33H,17-19,31H2,1-2H3,(H,32,35)/b15-3+/t25-,29?/m0/s1. The smallest absolute Gasteiger partial charge is 0.414 e. The summed E-state index contributed by atoms with van der Waals surface area (Å²) in [6, 6.07) is 22.1. The minimum absolute atomic E-state index is 0.206. The molecule has 1 aliphatic heterocycles. The summed E-state index contributed by atoms with van der Waals surface area (Å²) in [5, 5.41) is 5.92. The van der Waals surface area contributed by atoms with Gasteiger partial charge in [0.25, 0.3) is 0 Å². The lowest BCUT2D eigenvalue weighted by atomic mass is 9.91. The first-order valence-corrected chi connectivity index (χ1v) is 12.1. The van der Waals surface area contributed by atoms with Crippen LogP contribution in [0.4, 0.5) is 14.9 Å². The SMILES string of the molecule is C/C=C/NC(N)(Cc1ccc(-c2ccc(N3C[C@H](CNC(C)=O)OC3=O)cc2F)cc1)c1ccccc1. The van der Waals surface area contributed by atoms with Gasteiger partial charge in [-0.1, -0.05) is 60.7 Å². The third kappa shape index (κ3) is 6.16. The molecule has 0 spiro atoms. The number of rotatable bonds is 9. The minimum atomic E-state index is -0.801. The Hall–Kier alpha value is -4.17. The Balaban J connectivity index is 1.49. The molecule has 1 saturated heterocycles. The second-order valence-electron chi connectivity index (χ2n) is 9.07. The molecule has 1 unspecified atom stereocenters. The van der Waals surface area contributed by atoms with Gasteiger partial charge in [0.2, 0.25) is 5.91 Å². The highest BCUT2D eigenvalue weighted by molar-refractivity contribution is 5.90. The molecule has 2 amide bonds. The lowest BCUT2D eigenvalue weighted by Gasteiger charge is -2.31. The molecule has 0 radical (unpaired) electrons. The molecule has 2 atom stereocenters. The monoisotopic (exact) mass is 502 g/mol. The van der Waals surface area contributed by atoms with Crippen LogP contribution in [-0.4, -0.2) is 31.2 Å². The fourth-order valence-electron chi connectivity index (χ4n) is 4.33. The lowest BCUT2D eigenvalue weighted by Crippen LogP contribution is -2.49. The van der Waals surface area contributed by atoms with Crippen molar-refractivity contribution in [2.24, 2.45) is 5.73 Å². The third-order valence-corrected chi connectivity index (χ3v) is 6.26. The van der Waals surface area contributed by atoms with E-state index in [1.807, 2.05) is 73.8 Å². The summed E-state index contributed by atoms with van der Waals surface area (Å²) >= 11 is 0. The van der Waals surface area contributed by atoms with E-state index in [1.54, 1.807) is 12.1 Å². The van der Waals surface area contributed by atoms with Gasteiger partial charge in [-0.25, -0.2) is 9.18 Å². The zero-order valence-electron chi connectivity index (χ0n) is 20.9. The van der Waals surface area contributed by atoms with Crippen LogP contribution in [0.1, 0.15) is 25.0 Å². The predicted octanol–water partition coefficient (Wildman–Crippen LogP) is 4.43. The Morgan fingerprint density at radius 2 is 1.89 bits per heavy atom. The number of allylic oxidation sites excluding steroid dienone is 1. The molecule has 0 bridgehead atoms. The maximum absolute atomic E-state index is 15.1. The van der Waals surface area contributed by atoms with E-state index in [0.717, 1.165) is 11.1 Å². The summed E-state index contributed by atoms with van der Waals surface area (Å²) in [5.74, 6) is -0.655. The number of ether oxygens (including phenoxy) is 1. The first-order chi connectivity index (χ1) is 17.8. The quantitative estimate of drug-likeness (QED) is 0.376. The van der Waals surface area contributed by atoms with Crippen molar-refractivity contribution in [2.45, 2.75) is 32.0 Å². The van der Waals surface area contributed by atoms with E-state index in [2.05, 4.69) is 10.6 Å². The number of amides is 2. The van der Waals surface area contributed by atoms with Gasteiger partial charge >= 0.3 is 6.09 Å². The van der Waals surface area contributed by atoms with Crippen LogP contribution in [-0.2, 0) is 21.6 Å². The van der Waals surface area contributed by atoms with Crippen molar-refractivity contribution in [3.63, 3.8) is 0 Å². The number of hydrogen-bond acceptors (Lipinski definition) is 5. The number of anilines is 1. The summed E-state index contributed by atoms with van der Waals surface area (Å²) < 4.78 is 20.4. The van der Waals surface area contributed by atoms with Crippen molar-refractivity contribution in [1.29, 1.82) is 0 Å². The van der Waals surface area contributed by atoms with Gasteiger partial charge in [0, 0.05) is 18.9 Å². The molecule has 3 aromatic carbocycles. The summed E-state index contributed by atoms with van der Waals surface area (Å²) in [5.41, 5.74) is 9.44. The van der Waals surface area contributed by atoms with Crippen LogP contribution in [0.15, 0.2) is 85.1 Å². The van der Waals surface area contributed by atoms with Crippen LogP contribution in [0.3, 0.4) is 0 Å². The van der Waals surface area contributed by atoms with Crippen molar-refractivity contribution in [3.8, 4) is 11.1 Å². The summed E-state index contributed by atoms with van der Waals surface area (Å²) in [6.45, 7) is 3.76. The van der Waals surface area contributed by atoms with Gasteiger partial charge in [-0.15, -0.1) is 0 Å². The highest BCUT2D eigenvalue weighted by Crippen LogP contribution is 2.30. The van der Waals surface area contributed by atoms with Crippen molar-refractivity contribution >= 4 is 17.7 Å². The molecule has 37 heavy (non-hydrogen) atoms. The van der Waals surface area contributed by atoms with Crippen LogP contribution >= 0.6 is 0 Å². The van der Waals surface area contributed by atoms with E-state index < -0.39 is 23.7 Å². The molecule has 8 heteroatoms.